The Bertz CT molecular complexity index is 678. The fourth-order valence-corrected chi connectivity index (χ4v) is 1.79. The zero-order valence-corrected chi connectivity index (χ0v) is 11.0. The first kappa shape index (κ1) is 16.1. The minimum atomic E-state index is -4.70. The van der Waals surface area contributed by atoms with Gasteiger partial charge in [-0.3, -0.25) is 4.98 Å². The summed E-state index contributed by atoms with van der Waals surface area (Å²) in [4.78, 5) is 6.69. The van der Waals surface area contributed by atoms with Crippen LogP contribution < -0.4 is 5.32 Å². The van der Waals surface area contributed by atoms with Crippen LogP contribution in [0.4, 0.5) is 32.0 Å². The van der Waals surface area contributed by atoms with Gasteiger partial charge in [-0.25, -0.2) is 4.98 Å². The lowest BCUT2D eigenvalue weighted by Gasteiger charge is -2.14. The van der Waals surface area contributed by atoms with Crippen LogP contribution >= 0.6 is 0 Å². The number of nitrogens with one attached hydrogen (secondary N) is 1. The molecule has 0 spiro atoms. The third-order valence-corrected chi connectivity index (χ3v) is 2.84. The number of halogens is 6. The number of nitrogens with zero attached hydrogens (tertiary/aromatic N) is 2. The molecule has 0 aromatic carbocycles. The zero-order chi connectivity index (χ0) is 16.5. The van der Waals surface area contributed by atoms with Crippen molar-refractivity contribution in [2.24, 2.45) is 0 Å². The summed E-state index contributed by atoms with van der Waals surface area (Å²) in [5.74, 6) is 0. The lowest BCUT2D eigenvalue weighted by atomic mass is 10.0. The third-order valence-electron chi connectivity index (χ3n) is 2.84. The van der Waals surface area contributed by atoms with Gasteiger partial charge in [0.25, 0.3) is 0 Å². The molecule has 0 unspecified atom stereocenters. The molecule has 0 fully saturated rings. The van der Waals surface area contributed by atoms with Crippen LogP contribution in [0, 0.1) is 0 Å². The smallest absolute Gasteiger partial charge is 0.386 e. The maximum Gasteiger partial charge on any atom is 0.433 e. The number of rotatable bonds is 2. The Morgan fingerprint density at radius 3 is 2.14 bits per heavy atom. The molecule has 118 valence electrons. The minimum Gasteiger partial charge on any atom is -0.386 e. The van der Waals surface area contributed by atoms with E-state index >= 15 is 0 Å². The molecule has 2 heterocycles. The van der Waals surface area contributed by atoms with Gasteiger partial charge in [0.05, 0.1) is 17.4 Å². The zero-order valence-electron chi connectivity index (χ0n) is 11.0. The maximum atomic E-state index is 12.7. The molecular weight excluding hydrogens is 312 g/mol. The van der Waals surface area contributed by atoms with E-state index in [1.54, 1.807) is 0 Å². The van der Waals surface area contributed by atoms with Gasteiger partial charge in [0.2, 0.25) is 0 Å². The molecular formula is C13H9F6N3. The van der Waals surface area contributed by atoms with E-state index in [-0.39, 0.29) is 16.8 Å². The topological polar surface area (TPSA) is 37.8 Å². The predicted octanol–water partition coefficient (Wildman–Crippen LogP) is 4.22. The molecule has 0 saturated heterocycles. The van der Waals surface area contributed by atoms with Crippen molar-refractivity contribution in [1.29, 1.82) is 0 Å². The number of aromatic nitrogens is 2. The van der Waals surface area contributed by atoms with E-state index in [1.807, 2.05) is 0 Å². The van der Waals surface area contributed by atoms with Crippen LogP contribution in [-0.2, 0) is 12.4 Å². The Hall–Kier alpha value is -2.32. The summed E-state index contributed by atoms with van der Waals surface area (Å²) in [6, 6.07) is 1.42. The standard InChI is InChI=1S/C13H9F6N3/c1-20-10-6-22-11(13(17,18)19)3-9(10)7-2-8(5-21-4-7)12(14,15)16/h2-6,20H,1H3. The van der Waals surface area contributed by atoms with Crippen molar-refractivity contribution in [3.63, 3.8) is 0 Å². The van der Waals surface area contributed by atoms with Crippen LogP contribution in [-0.4, -0.2) is 17.0 Å². The Morgan fingerprint density at radius 1 is 0.909 bits per heavy atom. The second-order valence-electron chi connectivity index (χ2n) is 4.32. The molecule has 2 rings (SSSR count). The van der Waals surface area contributed by atoms with Gasteiger partial charge < -0.3 is 5.32 Å². The molecule has 0 aliphatic heterocycles. The van der Waals surface area contributed by atoms with Gasteiger partial charge in [0, 0.05) is 30.6 Å². The normalized spacial score (nSPS) is 12.3. The number of hydrogen-bond acceptors (Lipinski definition) is 3. The average molecular weight is 321 g/mol. The van der Waals surface area contributed by atoms with Crippen molar-refractivity contribution in [1.82, 2.24) is 9.97 Å². The summed E-state index contributed by atoms with van der Waals surface area (Å²) in [5, 5.41) is 2.59. The van der Waals surface area contributed by atoms with Crippen LogP contribution in [0.15, 0.2) is 30.7 Å². The van der Waals surface area contributed by atoms with E-state index in [0.717, 1.165) is 18.5 Å². The molecule has 2 aromatic heterocycles. The lowest BCUT2D eigenvalue weighted by molar-refractivity contribution is -0.141. The van der Waals surface area contributed by atoms with Crippen LogP contribution in [0.5, 0.6) is 0 Å². The van der Waals surface area contributed by atoms with Gasteiger partial charge in [0.1, 0.15) is 5.69 Å². The van der Waals surface area contributed by atoms with E-state index in [1.165, 1.54) is 7.05 Å². The fraction of sp³-hybridized carbons (Fsp3) is 0.231. The number of hydrogen-bond donors (Lipinski definition) is 1. The van der Waals surface area contributed by atoms with Crippen LogP contribution in [0.25, 0.3) is 11.1 Å². The molecule has 2 aromatic rings. The fourth-order valence-electron chi connectivity index (χ4n) is 1.79. The molecule has 9 heteroatoms. The molecule has 22 heavy (non-hydrogen) atoms. The van der Waals surface area contributed by atoms with Crippen LogP contribution in [0.2, 0.25) is 0 Å². The van der Waals surface area contributed by atoms with Crippen molar-refractivity contribution in [3.05, 3.63) is 42.0 Å². The summed E-state index contributed by atoms with van der Waals surface area (Å²) >= 11 is 0. The molecule has 0 aliphatic carbocycles. The quantitative estimate of drug-likeness (QED) is 0.842. The summed E-state index contributed by atoms with van der Waals surface area (Å²) in [6.07, 6.45) is -6.75. The molecule has 0 saturated carbocycles. The van der Waals surface area contributed by atoms with E-state index in [0.29, 0.717) is 12.3 Å². The number of pyridine rings is 2. The molecule has 0 radical (unpaired) electrons. The number of anilines is 1. The summed E-state index contributed by atoms with van der Waals surface area (Å²) < 4.78 is 76.2. The maximum absolute atomic E-state index is 12.7. The Labute approximate surface area is 121 Å². The van der Waals surface area contributed by atoms with E-state index in [9.17, 15) is 26.3 Å². The second-order valence-corrected chi connectivity index (χ2v) is 4.32. The van der Waals surface area contributed by atoms with Gasteiger partial charge in [-0.2, -0.15) is 26.3 Å². The minimum absolute atomic E-state index is 0.0663. The first-order valence-electron chi connectivity index (χ1n) is 5.90. The largest absolute Gasteiger partial charge is 0.433 e. The van der Waals surface area contributed by atoms with Crippen molar-refractivity contribution in [2.45, 2.75) is 12.4 Å². The van der Waals surface area contributed by atoms with Crippen LogP contribution in [0.1, 0.15) is 11.3 Å². The van der Waals surface area contributed by atoms with Gasteiger partial charge in [-0.1, -0.05) is 0 Å². The van der Waals surface area contributed by atoms with E-state index in [4.69, 9.17) is 0 Å². The summed E-state index contributed by atoms with van der Waals surface area (Å²) in [6.45, 7) is 0. The first-order chi connectivity index (χ1) is 10.1. The lowest BCUT2D eigenvalue weighted by Crippen LogP contribution is -2.09. The molecule has 1 N–H and O–H groups in total. The van der Waals surface area contributed by atoms with Gasteiger partial charge in [-0.15, -0.1) is 0 Å². The molecule has 0 bridgehead atoms. The Kier molecular flexibility index (Phi) is 3.99. The van der Waals surface area contributed by atoms with E-state index < -0.39 is 23.6 Å². The van der Waals surface area contributed by atoms with Crippen molar-refractivity contribution in [3.8, 4) is 11.1 Å². The van der Waals surface area contributed by atoms with Crippen LogP contribution in [0.3, 0.4) is 0 Å². The molecule has 0 aliphatic rings. The number of alkyl halides is 6. The highest BCUT2D eigenvalue weighted by atomic mass is 19.4. The Balaban J connectivity index is 2.60. The third kappa shape index (κ3) is 3.29. The molecule has 3 nitrogen and oxygen atoms in total. The monoisotopic (exact) mass is 321 g/mol. The predicted molar refractivity (Wildman–Crippen MR) is 67.0 cm³/mol. The first-order valence-corrected chi connectivity index (χ1v) is 5.90. The summed E-state index contributed by atoms with van der Waals surface area (Å²) in [5.41, 5.74) is -2.24. The van der Waals surface area contributed by atoms with Crippen molar-refractivity contribution in [2.75, 3.05) is 12.4 Å². The second kappa shape index (κ2) is 5.47. The summed E-state index contributed by atoms with van der Waals surface area (Å²) in [7, 11) is 1.43. The molecule has 0 atom stereocenters. The van der Waals surface area contributed by atoms with Gasteiger partial charge in [-0.05, 0) is 12.1 Å². The highest BCUT2D eigenvalue weighted by Crippen LogP contribution is 2.36. The van der Waals surface area contributed by atoms with E-state index in [2.05, 4.69) is 15.3 Å². The van der Waals surface area contributed by atoms with Crippen molar-refractivity contribution < 1.29 is 26.3 Å². The van der Waals surface area contributed by atoms with Crippen molar-refractivity contribution >= 4 is 5.69 Å². The highest BCUT2D eigenvalue weighted by molar-refractivity contribution is 5.77. The average Bonchev–Trinajstić information content (AvgIpc) is 2.45. The van der Waals surface area contributed by atoms with Gasteiger partial charge >= 0.3 is 12.4 Å². The SMILES string of the molecule is CNc1cnc(C(F)(F)F)cc1-c1cncc(C(F)(F)F)c1. The molecule has 0 amide bonds. The highest BCUT2D eigenvalue weighted by Gasteiger charge is 2.34. The Morgan fingerprint density at radius 2 is 1.59 bits per heavy atom. The van der Waals surface area contributed by atoms with Gasteiger partial charge in [0.15, 0.2) is 0 Å².